The number of rotatable bonds is 6. The lowest BCUT2D eigenvalue weighted by atomic mass is 10.1. The van der Waals surface area contributed by atoms with Crippen LogP contribution in [0.25, 0.3) is 0 Å². The molecule has 0 aliphatic heterocycles. The van der Waals surface area contributed by atoms with Gasteiger partial charge in [0.25, 0.3) is 0 Å². The Morgan fingerprint density at radius 2 is 2.00 bits per heavy atom. The van der Waals surface area contributed by atoms with Gasteiger partial charge in [-0.15, -0.1) is 0 Å². The summed E-state index contributed by atoms with van der Waals surface area (Å²) in [6.07, 6.45) is 3.69. The fourth-order valence-electron chi connectivity index (χ4n) is 1.18. The van der Waals surface area contributed by atoms with E-state index >= 15 is 0 Å². The van der Waals surface area contributed by atoms with Crippen molar-refractivity contribution in [1.29, 1.82) is 0 Å². The van der Waals surface area contributed by atoms with E-state index in [1.165, 1.54) is 5.56 Å². The van der Waals surface area contributed by atoms with E-state index in [0.29, 0.717) is 12.4 Å². The summed E-state index contributed by atoms with van der Waals surface area (Å²) in [7, 11) is 0. The minimum Gasteiger partial charge on any atom is -0.494 e. The van der Waals surface area contributed by atoms with Crippen LogP contribution in [0, 0.1) is 0 Å². The van der Waals surface area contributed by atoms with Gasteiger partial charge in [-0.2, -0.15) is 0 Å². The summed E-state index contributed by atoms with van der Waals surface area (Å²) < 4.78 is 5.30. The van der Waals surface area contributed by atoms with Gasteiger partial charge in [0.15, 0.2) is 0 Å². The van der Waals surface area contributed by atoms with E-state index < -0.39 is 0 Å². The van der Waals surface area contributed by atoms with Gasteiger partial charge in [0.05, 0.1) is 6.61 Å². The van der Waals surface area contributed by atoms with Gasteiger partial charge in [0, 0.05) is 0 Å². The Morgan fingerprint density at radius 3 is 2.64 bits per heavy atom. The van der Waals surface area contributed by atoms with Crippen molar-refractivity contribution in [2.75, 3.05) is 6.61 Å². The van der Waals surface area contributed by atoms with Crippen molar-refractivity contribution in [2.24, 2.45) is 0 Å². The Kier molecular flexibility index (Phi) is 4.56. The van der Waals surface area contributed by atoms with E-state index in [2.05, 4.69) is 37.4 Å². The van der Waals surface area contributed by atoms with E-state index in [4.69, 9.17) is 4.74 Å². The second kappa shape index (κ2) is 6.03. The Bertz CT molecular complexity index is 287. The lowest BCUT2D eigenvalue weighted by Gasteiger charge is -2.04. The third kappa shape index (κ3) is 3.94. The van der Waals surface area contributed by atoms with Crippen molar-refractivity contribution in [3.8, 4) is 0 Å². The van der Waals surface area contributed by atoms with Crippen molar-refractivity contribution in [2.45, 2.75) is 12.8 Å². The van der Waals surface area contributed by atoms with Crippen LogP contribution in [0.3, 0.4) is 0 Å². The van der Waals surface area contributed by atoms with Crippen LogP contribution in [0.5, 0.6) is 0 Å². The molecule has 0 amide bonds. The lowest BCUT2D eigenvalue weighted by Crippen LogP contribution is -1.94. The topological polar surface area (TPSA) is 9.23 Å². The van der Waals surface area contributed by atoms with Crippen molar-refractivity contribution in [3.05, 3.63) is 60.9 Å². The SMILES string of the molecule is C=CC(=C)OCCCc1ccccc1. The maximum atomic E-state index is 5.30. The summed E-state index contributed by atoms with van der Waals surface area (Å²) in [5, 5.41) is 0. The first-order valence-electron chi connectivity index (χ1n) is 4.81. The summed E-state index contributed by atoms with van der Waals surface area (Å²) in [5.74, 6) is 0.651. The van der Waals surface area contributed by atoms with Crippen LogP contribution in [0.15, 0.2) is 55.3 Å². The molecule has 1 heteroatoms. The Balaban J connectivity index is 2.16. The molecule has 0 N–H and O–H groups in total. The van der Waals surface area contributed by atoms with E-state index in [1.54, 1.807) is 6.08 Å². The quantitative estimate of drug-likeness (QED) is 0.378. The molecule has 0 aromatic heterocycles. The van der Waals surface area contributed by atoms with Crippen LogP contribution >= 0.6 is 0 Å². The van der Waals surface area contributed by atoms with E-state index in [-0.39, 0.29) is 0 Å². The minimum atomic E-state index is 0.651. The summed E-state index contributed by atoms with van der Waals surface area (Å²) >= 11 is 0. The fraction of sp³-hybridized carbons (Fsp3) is 0.231. The van der Waals surface area contributed by atoms with Gasteiger partial charge in [0.1, 0.15) is 5.76 Å². The summed E-state index contributed by atoms with van der Waals surface area (Å²) in [4.78, 5) is 0. The van der Waals surface area contributed by atoms with Crippen molar-refractivity contribution < 1.29 is 4.74 Å². The molecule has 1 nitrogen and oxygen atoms in total. The standard InChI is InChI=1S/C13H16O/c1-3-12(2)14-11-7-10-13-8-5-4-6-9-13/h3-6,8-9H,1-2,7,10-11H2. The smallest absolute Gasteiger partial charge is 0.111 e. The van der Waals surface area contributed by atoms with Gasteiger partial charge < -0.3 is 4.74 Å². The first kappa shape index (κ1) is 10.6. The zero-order valence-corrected chi connectivity index (χ0v) is 8.41. The molecule has 1 aromatic rings. The lowest BCUT2D eigenvalue weighted by molar-refractivity contribution is 0.222. The average Bonchev–Trinajstić information content (AvgIpc) is 2.25. The van der Waals surface area contributed by atoms with Crippen molar-refractivity contribution >= 4 is 0 Å². The van der Waals surface area contributed by atoms with Crippen LogP contribution in [0.2, 0.25) is 0 Å². The number of hydrogen-bond acceptors (Lipinski definition) is 1. The van der Waals surface area contributed by atoms with Gasteiger partial charge in [-0.1, -0.05) is 43.5 Å². The highest BCUT2D eigenvalue weighted by Crippen LogP contribution is 2.03. The molecule has 0 fully saturated rings. The van der Waals surface area contributed by atoms with E-state index in [1.807, 2.05) is 6.07 Å². The predicted molar refractivity (Wildman–Crippen MR) is 60.1 cm³/mol. The maximum Gasteiger partial charge on any atom is 0.111 e. The number of allylic oxidation sites excluding steroid dienone is 1. The molecular weight excluding hydrogens is 172 g/mol. The normalized spacial score (nSPS) is 9.43. The number of hydrogen-bond donors (Lipinski definition) is 0. The first-order valence-corrected chi connectivity index (χ1v) is 4.81. The van der Waals surface area contributed by atoms with Gasteiger partial charge in [0.2, 0.25) is 0 Å². The molecule has 0 aliphatic carbocycles. The van der Waals surface area contributed by atoms with E-state index in [0.717, 1.165) is 12.8 Å². The molecule has 0 radical (unpaired) electrons. The maximum absolute atomic E-state index is 5.30. The fourth-order valence-corrected chi connectivity index (χ4v) is 1.18. The largest absolute Gasteiger partial charge is 0.494 e. The molecule has 14 heavy (non-hydrogen) atoms. The van der Waals surface area contributed by atoms with Gasteiger partial charge in [-0.25, -0.2) is 0 Å². The predicted octanol–water partition coefficient (Wildman–Crippen LogP) is 3.34. The van der Waals surface area contributed by atoms with Crippen LogP contribution in [0.4, 0.5) is 0 Å². The highest BCUT2D eigenvalue weighted by Gasteiger charge is 1.92. The third-order valence-corrected chi connectivity index (χ3v) is 1.97. The number of aryl methyl sites for hydroxylation is 1. The van der Waals surface area contributed by atoms with Crippen LogP contribution in [-0.4, -0.2) is 6.61 Å². The number of benzene rings is 1. The highest BCUT2D eigenvalue weighted by molar-refractivity contribution is 5.14. The molecule has 0 atom stereocenters. The molecule has 0 unspecified atom stereocenters. The molecule has 0 saturated heterocycles. The minimum absolute atomic E-state index is 0.651. The zero-order valence-electron chi connectivity index (χ0n) is 8.41. The average molecular weight is 188 g/mol. The van der Waals surface area contributed by atoms with Gasteiger partial charge in [-0.3, -0.25) is 0 Å². The van der Waals surface area contributed by atoms with Crippen molar-refractivity contribution in [1.82, 2.24) is 0 Å². The molecular formula is C13H16O. The first-order chi connectivity index (χ1) is 6.83. The summed E-state index contributed by atoms with van der Waals surface area (Å²) in [6, 6.07) is 10.4. The Hall–Kier alpha value is -1.50. The molecule has 0 spiro atoms. The molecule has 0 aliphatic rings. The monoisotopic (exact) mass is 188 g/mol. The summed E-state index contributed by atoms with van der Waals surface area (Å²) in [6.45, 7) is 7.96. The third-order valence-electron chi connectivity index (χ3n) is 1.97. The Labute approximate surface area is 85.7 Å². The summed E-state index contributed by atoms with van der Waals surface area (Å²) in [5.41, 5.74) is 1.35. The second-order valence-electron chi connectivity index (χ2n) is 3.11. The van der Waals surface area contributed by atoms with E-state index in [9.17, 15) is 0 Å². The molecule has 1 rings (SSSR count). The number of ether oxygens (including phenoxy) is 1. The zero-order chi connectivity index (χ0) is 10.2. The van der Waals surface area contributed by atoms with Crippen molar-refractivity contribution in [3.63, 3.8) is 0 Å². The molecule has 74 valence electrons. The van der Waals surface area contributed by atoms with Gasteiger partial charge >= 0.3 is 0 Å². The van der Waals surface area contributed by atoms with Crippen LogP contribution < -0.4 is 0 Å². The molecule has 0 bridgehead atoms. The molecule has 0 saturated carbocycles. The van der Waals surface area contributed by atoms with Crippen LogP contribution in [-0.2, 0) is 11.2 Å². The Morgan fingerprint density at radius 1 is 1.29 bits per heavy atom. The molecule has 0 heterocycles. The van der Waals surface area contributed by atoms with Gasteiger partial charge in [-0.05, 0) is 24.5 Å². The molecule has 1 aromatic carbocycles. The second-order valence-corrected chi connectivity index (χ2v) is 3.11. The highest BCUT2D eigenvalue weighted by atomic mass is 16.5. The van der Waals surface area contributed by atoms with Crippen LogP contribution in [0.1, 0.15) is 12.0 Å².